The van der Waals surface area contributed by atoms with Gasteiger partial charge in [-0.25, -0.2) is 0 Å². The predicted octanol–water partition coefficient (Wildman–Crippen LogP) is 2.31. The monoisotopic (exact) mass is 252 g/mol. The van der Waals surface area contributed by atoms with Crippen LogP contribution in [-0.4, -0.2) is 42.8 Å². The Bertz CT molecular complexity index is 257. The van der Waals surface area contributed by atoms with E-state index in [2.05, 4.69) is 11.5 Å². The molecular weight excluding hydrogens is 224 g/mol. The van der Waals surface area contributed by atoms with Gasteiger partial charge in [0, 0.05) is 18.6 Å². The molecule has 2 saturated heterocycles. The number of nitrogens with zero attached hydrogens (tertiary/aromatic N) is 1. The van der Waals surface area contributed by atoms with Crippen molar-refractivity contribution in [3.8, 4) is 0 Å². The molecule has 2 fully saturated rings. The summed E-state index contributed by atoms with van der Waals surface area (Å²) in [5, 5.41) is 0. The van der Waals surface area contributed by atoms with Crippen molar-refractivity contribution < 1.29 is 4.74 Å². The van der Waals surface area contributed by atoms with E-state index in [1.165, 1.54) is 38.6 Å². The van der Waals surface area contributed by atoms with E-state index in [0.29, 0.717) is 6.04 Å². The van der Waals surface area contributed by atoms with Gasteiger partial charge in [-0.3, -0.25) is 4.90 Å². The number of morpholine rings is 1. The molecule has 0 aromatic heterocycles. The van der Waals surface area contributed by atoms with Gasteiger partial charge in [-0.1, -0.05) is 18.9 Å². The first-order valence-electron chi connectivity index (χ1n) is 7.53. The summed E-state index contributed by atoms with van der Waals surface area (Å²) >= 11 is 0. The first-order valence-corrected chi connectivity index (χ1v) is 7.53. The van der Waals surface area contributed by atoms with Crippen LogP contribution in [0.15, 0.2) is 12.7 Å². The van der Waals surface area contributed by atoms with Crippen molar-refractivity contribution in [2.24, 2.45) is 5.73 Å². The highest BCUT2D eigenvalue weighted by atomic mass is 16.5. The standard InChI is InChI=1S/C15H28N2O/c1-2-3-4-5-6-9-14(16)15-11-17-10-7-8-13(17)12-18-15/h2,13-15H,1,3-12,16H2. The van der Waals surface area contributed by atoms with Crippen LogP contribution in [0.5, 0.6) is 0 Å². The van der Waals surface area contributed by atoms with Crippen LogP contribution in [-0.2, 0) is 4.74 Å². The quantitative estimate of drug-likeness (QED) is 0.558. The summed E-state index contributed by atoms with van der Waals surface area (Å²) in [6.07, 6.45) is 10.9. The first kappa shape index (κ1) is 14.0. The minimum Gasteiger partial charge on any atom is -0.374 e. The van der Waals surface area contributed by atoms with Crippen molar-refractivity contribution in [1.82, 2.24) is 4.90 Å². The Morgan fingerprint density at radius 3 is 3.11 bits per heavy atom. The summed E-state index contributed by atoms with van der Waals surface area (Å²) in [5.41, 5.74) is 6.27. The number of ether oxygens (including phenoxy) is 1. The van der Waals surface area contributed by atoms with E-state index in [0.717, 1.165) is 26.0 Å². The van der Waals surface area contributed by atoms with E-state index in [4.69, 9.17) is 10.5 Å². The zero-order chi connectivity index (χ0) is 12.8. The lowest BCUT2D eigenvalue weighted by molar-refractivity contribution is -0.0602. The average Bonchev–Trinajstić information content (AvgIpc) is 2.85. The second-order valence-corrected chi connectivity index (χ2v) is 5.75. The van der Waals surface area contributed by atoms with Crippen LogP contribution >= 0.6 is 0 Å². The highest BCUT2D eigenvalue weighted by molar-refractivity contribution is 4.88. The molecule has 3 unspecified atom stereocenters. The van der Waals surface area contributed by atoms with Gasteiger partial charge < -0.3 is 10.5 Å². The van der Waals surface area contributed by atoms with Gasteiger partial charge in [-0.2, -0.15) is 0 Å². The van der Waals surface area contributed by atoms with Crippen LogP contribution in [0, 0.1) is 0 Å². The number of fused-ring (bicyclic) bond motifs is 1. The largest absolute Gasteiger partial charge is 0.374 e. The Kier molecular flexibility index (Phi) is 5.67. The average molecular weight is 252 g/mol. The maximum Gasteiger partial charge on any atom is 0.0853 e. The summed E-state index contributed by atoms with van der Waals surface area (Å²) in [6, 6.07) is 0.899. The molecule has 0 spiro atoms. The van der Waals surface area contributed by atoms with Gasteiger partial charge >= 0.3 is 0 Å². The molecule has 2 aliphatic rings. The third-order valence-corrected chi connectivity index (χ3v) is 4.34. The van der Waals surface area contributed by atoms with Crippen molar-refractivity contribution in [2.45, 2.75) is 63.1 Å². The number of hydrogen-bond donors (Lipinski definition) is 1. The third-order valence-electron chi connectivity index (χ3n) is 4.34. The Morgan fingerprint density at radius 1 is 1.39 bits per heavy atom. The van der Waals surface area contributed by atoms with Gasteiger partial charge in [0.25, 0.3) is 0 Å². The van der Waals surface area contributed by atoms with Gasteiger partial charge in [0.1, 0.15) is 0 Å². The van der Waals surface area contributed by atoms with E-state index in [-0.39, 0.29) is 12.1 Å². The zero-order valence-corrected chi connectivity index (χ0v) is 11.5. The second-order valence-electron chi connectivity index (χ2n) is 5.75. The van der Waals surface area contributed by atoms with Crippen molar-refractivity contribution >= 4 is 0 Å². The number of unbranched alkanes of at least 4 members (excludes halogenated alkanes) is 3. The molecule has 0 bridgehead atoms. The lowest BCUT2D eigenvalue weighted by Gasteiger charge is -2.37. The molecule has 0 saturated carbocycles. The van der Waals surface area contributed by atoms with Gasteiger partial charge in [0.2, 0.25) is 0 Å². The number of rotatable bonds is 7. The molecule has 3 nitrogen and oxygen atoms in total. The lowest BCUT2D eigenvalue weighted by Crippen LogP contribution is -2.52. The van der Waals surface area contributed by atoms with Gasteiger partial charge in [-0.05, 0) is 38.6 Å². The minimum absolute atomic E-state index is 0.218. The Hall–Kier alpha value is -0.380. The molecule has 3 atom stereocenters. The van der Waals surface area contributed by atoms with Gasteiger partial charge in [0.15, 0.2) is 0 Å². The summed E-state index contributed by atoms with van der Waals surface area (Å²) in [5.74, 6) is 0. The lowest BCUT2D eigenvalue weighted by atomic mass is 10.0. The van der Waals surface area contributed by atoms with Gasteiger partial charge in [0.05, 0.1) is 12.7 Å². The normalized spacial score (nSPS) is 30.1. The molecule has 0 aromatic carbocycles. The van der Waals surface area contributed by atoms with E-state index < -0.39 is 0 Å². The third kappa shape index (κ3) is 3.81. The van der Waals surface area contributed by atoms with Crippen LogP contribution in [0.1, 0.15) is 44.9 Å². The summed E-state index contributed by atoms with van der Waals surface area (Å²) < 4.78 is 5.95. The number of hydrogen-bond acceptors (Lipinski definition) is 3. The maximum absolute atomic E-state index is 6.27. The van der Waals surface area contributed by atoms with E-state index in [1.54, 1.807) is 0 Å². The smallest absolute Gasteiger partial charge is 0.0853 e. The fraction of sp³-hybridized carbons (Fsp3) is 0.867. The highest BCUT2D eigenvalue weighted by Crippen LogP contribution is 2.24. The van der Waals surface area contributed by atoms with Crippen molar-refractivity contribution in [3.05, 3.63) is 12.7 Å². The summed E-state index contributed by atoms with van der Waals surface area (Å²) in [7, 11) is 0. The van der Waals surface area contributed by atoms with Crippen molar-refractivity contribution in [2.75, 3.05) is 19.7 Å². The molecule has 2 rings (SSSR count). The SMILES string of the molecule is C=CCCCCCC(N)C1CN2CCCC2CO1. The van der Waals surface area contributed by atoms with Crippen molar-refractivity contribution in [1.29, 1.82) is 0 Å². The fourth-order valence-electron chi connectivity index (χ4n) is 3.13. The van der Waals surface area contributed by atoms with Crippen molar-refractivity contribution in [3.63, 3.8) is 0 Å². The summed E-state index contributed by atoms with van der Waals surface area (Å²) in [6.45, 7) is 6.95. The Labute approximate surface area is 111 Å². The molecule has 2 heterocycles. The second kappa shape index (κ2) is 7.27. The molecule has 0 aromatic rings. The maximum atomic E-state index is 6.27. The van der Waals surface area contributed by atoms with Gasteiger partial charge in [-0.15, -0.1) is 6.58 Å². The van der Waals surface area contributed by atoms with Crippen LogP contribution in [0.25, 0.3) is 0 Å². The molecule has 104 valence electrons. The predicted molar refractivity (Wildman–Crippen MR) is 75.6 cm³/mol. The Balaban J connectivity index is 1.63. The molecular formula is C15H28N2O. The molecule has 0 amide bonds. The van der Waals surface area contributed by atoms with E-state index >= 15 is 0 Å². The molecule has 0 aliphatic carbocycles. The van der Waals surface area contributed by atoms with E-state index in [9.17, 15) is 0 Å². The topological polar surface area (TPSA) is 38.5 Å². The highest BCUT2D eigenvalue weighted by Gasteiger charge is 2.34. The first-order chi connectivity index (χ1) is 8.81. The molecule has 2 aliphatic heterocycles. The molecule has 18 heavy (non-hydrogen) atoms. The van der Waals surface area contributed by atoms with Crippen LogP contribution in [0.4, 0.5) is 0 Å². The van der Waals surface area contributed by atoms with E-state index in [1.807, 2.05) is 6.08 Å². The van der Waals surface area contributed by atoms with Crippen LogP contribution in [0.3, 0.4) is 0 Å². The Morgan fingerprint density at radius 2 is 2.28 bits per heavy atom. The molecule has 2 N–H and O–H groups in total. The molecule has 0 radical (unpaired) electrons. The van der Waals surface area contributed by atoms with Crippen LogP contribution in [0.2, 0.25) is 0 Å². The molecule has 3 heteroatoms. The summed E-state index contributed by atoms with van der Waals surface area (Å²) in [4.78, 5) is 2.58. The fourth-order valence-corrected chi connectivity index (χ4v) is 3.13. The minimum atomic E-state index is 0.218. The zero-order valence-electron chi connectivity index (χ0n) is 11.5. The van der Waals surface area contributed by atoms with Crippen LogP contribution < -0.4 is 5.73 Å². The number of allylic oxidation sites excluding steroid dienone is 1. The number of nitrogens with two attached hydrogens (primary N) is 1.